The molecule has 1 aliphatic heterocycles. The van der Waals surface area contributed by atoms with Crippen LogP contribution in [0.25, 0.3) is 0 Å². The number of halogens is 3. The maximum absolute atomic E-state index is 12.6. The van der Waals surface area contributed by atoms with Crippen LogP contribution in [-0.2, 0) is 10.9 Å². The van der Waals surface area contributed by atoms with E-state index < -0.39 is 17.8 Å². The van der Waals surface area contributed by atoms with Crippen LogP contribution in [0.4, 0.5) is 13.2 Å². The number of hydrogen-bond donors (Lipinski definition) is 1. The summed E-state index contributed by atoms with van der Waals surface area (Å²) in [6, 6.07) is 0.784. The first-order valence-electron chi connectivity index (χ1n) is 7.80. The summed E-state index contributed by atoms with van der Waals surface area (Å²) in [5.74, 6) is -0.447. The zero-order valence-electron chi connectivity index (χ0n) is 12.9. The molecular formula is C15H20F3N3O2. The molecule has 1 aliphatic carbocycles. The number of carbonyl (C=O) groups is 1. The van der Waals surface area contributed by atoms with Crippen LogP contribution in [0, 0.1) is 5.41 Å². The Hall–Kier alpha value is -1.57. The highest BCUT2D eigenvalue weighted by molar-refractivity contribution is 5.92. The van der Waals surface area contributed by atoms with E-state index in [4.69, 9.17) is 4.74 Å². The van der Waals surface area contributed by atoms with Crippen LogP contribution in [0.1, 0.15) is 48.3 Å². The van der Waals surface area contributed by atoms with Gasteiger partial charge in [-0.05, 0) is 25.7 Å². The molecule has 1 saturated heterocycles. The molecule has 2 heterocycles. The first-order valence-corrected chi connectivity index (χ1v) is 7.80. The van der Waals surface area contributed by atoms with E-state index in [-0.39, 0.29) is 17.2 Å². The number of nitrogens with zero attached hydrogens (tertiary/aromatic N) is 2. The lowest BCUT2D eigenvalue weighted by Crippen LogP contribution is -2.49. The fourth-order valence-corrected chi connectivity index (χ4v) is 4.01. The highest BCUT2D eigenvalue weighted by Gasteiger charge is 2.47. The summed E-state index contributed by atoms with van der Waals surface area (Å²) in [5, 5.41) is 5.44. The molecule has 2 aliphatic rings. The van der Waals surface area contributed by atoms with Gasteiger partial charge in [0.25, 0.3) is 5.91 Å². The van der Waals surface area contributed by atoms with Gasteiger partial charge in [-0.15, -0.1) is 0 Å². The average molecular weight is 331 g/mol. The van der Waals surface area contributed by atoms with E-state index in [1.807, 2.05) is 5.10 Å². The molecule has 5 nitrogen and oxygen atoms in total. The van der Waals surface area contributed by atoms with Crippen molar-refractivity contribution in [3.8, 4) is 0 Å². The van der Waals surface area contributed by atoms with Crippen LogP contribution in [-0.4, -0.2) is 47.3 Å². The third-order valence-corrected chi connectivity index (χ3v) is 5.11. The third-order valence-electron chi connectivity index (χ3n) is 5.11. The van der Waals surface area contributed by atoms with Crippen molar-refractivity contribution in [3.63, 3.8) is 0 Å². The molecule has 0 bridgehead atoms. The fraction of sp³-hybridized carbons (Fsp3) is 0.733. The number of methoxy groups -OCH3 is 1. The Labute approximate surface area is 132 Å². The predicted octanol–water partition coefficient (Wildman–Crippen LogP) is 2.85. The molecule has 8 heteroatoms. The van der Waals surface area contributed by atoms with Crippen LogP contribution >= 0.6 is 0 Å². The SMILES string of the molecule is CO[C@@H]1CCC[C@]12CCCN(C(=O)c1cc(C(F)(F)F)[nH]n1)C2. The van der Waals surface area contributed by atoms with Gasteiger partial charge in [0.1, 0.15) is 5.69 Å². The second-order valence-corrected chi connectivity index (χ2v) is 6.47. The van der Waals surface area contributed by atoms with Gasteiger partial charge in [-0.2, -0.15) is 18.3 Å². The molecule has 128 valence electrons. The Balaban J connectivity index is 1.76. The number of ether oxygens (including phenoxy) is 1. The Bertz CT molecular complexity index is 587. The number of piperidine rings is 1. The summed E-state index contributed by atoms with van der Waals surface area (Å²) < 4.78 is 43.5. The average Bonchev–Trinajstić information content (AvgIpc) is 3.13. The van der Waals surface area contributed by atoms with Crippen molar-refractivity contribution in [2.75, 3.05) is 20.2 Å². The Morgan fingerprint density at radius 3 is 2.83 bits per heavy atom. The largest absolute Gasteiger partial charge is 0.432 e. The van der Waals surface area contributed by atoms with E-state index in [1.54, 1.807) is 12.0 Å². The van der Waals surface area contributed by atoms with Gasteiger partial charge in [-0.25, -0.2) is 0 Å². The fourth-order valence-electron chi connectivity index (χ4n) is 4.01. The summed E-state index contributed by atoms with van der Waals surface area (Å²) >= 11 is 0. The van der Waals surface area contributed by atoms with E-state index in [0.717, 1.165) is 38.2 Å². The van der Waals surface area contributed by atoms with Crippen molar-refractivity contribution < 1.29 is 22.7 Å². The van der Waals surface area contributed by atoms with Crippen molar-refractivity contribution in [1.29, 1.82) is 0 Å². The zero-order valence-corrected chi connectivity index (χ0v) is 12.9. The van der Waals surface area contributed by atoms with Crippen LogP contribution < -0.4 is 0 Å². The maximum Gasteiger partial charge on any atom is 0.432 e. The Kier molecular flexibility index (Phi) is 4.12. The minimum Gasteiger partial charge on any atom is -0.381 e. The van der Waals surface area contributed by atoms with Crippen LogP contribution in [0.2, 0.25) is 0 Å². The number of H-pyrrole nitrogens is 1. The molecule has 23 heavy (non-hydrogen) atoms. The molecule has 2 atom stereocenters. The van der Waals surface area contributed by atoms with Crippen LogP contribution in [0.5, 0.6) is 0 Å². The minimum atomic E-state index is -4.53. The maximum atomic E-state index is 12.6. The Morgan fingerprint density at radius 2 is 2.17 bits per heavy atom. The van der Waals surface area contributed by atoms with Gasteiger partial charge < -0.3 is 9.64 Å². The first kappa shape index (κ1) is 16.3. The van der Waals surface area contributed by atoms with Gasteiger partial charge >= 0.3 is 6.18 Å². The van der Waals surface area contributed by atoms with E-state index in [2.05, 4.69) is 5.10 Å². The van der Waals surface area contributed by atoms with Gasteiger partial charge in [-0.3, -0.25) is 9.89 Å². The summed E-state index contributed by atoms with van der Waals surface area (Å²) in [7, 11) is 1.68. The van der Waals surface area contributed by atoms with Gasteiger partial charge in [-0.1, -0.05) is 6.42 Å². The molecule has 1 amide bonds. The number of aromatic nitrogens is 2. The predicted molar refractivity (Wildman–Crippen MR) is 75.8 cm³/mol. The lowest BCUT2D eigenvalue weighted by atomic mass is 9.76. The summed E-state index contributed by atoms with van der Waals surface area (Å²) in [4.78, 5) is 14.1. The minimum absolute atomic E-state index is 0.0637. The lowest BCUT2D eigenvalue weighted by Gasteiger charge is -2.43. The van der Waals surface area contributed by atoms with Crippen LogP contribution in [0.3, 0.4) is 0 Å². The standard InChI is InChI=1S/C15H20F3N3O2/c1-23-12-4-2-5-14(12)6-3-7-21(9-14)13(22)10-8-11(20-19-10)15(16,17)18/h8,12H,2-7,9H2,1H3,(H,19,20)/t12-,14-/m1/s1. The van der Waals surface area contributed by atoms with E-state index in [0.29, 0.717) is 13.1 Å². The second-order valence-electron chi connectivity index (χ2n) is 6.47. The van der Waals surface area contributed by atoms with Crippen molar-refractivity contribution in [1.82, 2.24) is 15.1 Å². The third kappa shape index (κ3) is 2.96. The monoisotopic (exact) mass is 331 g/mol. The van der Waals surface area contributed by atoms with E-state index >= 15 is 0 Å². The van der Waals surface area contributed by atoms with E-state index in [1.165, 1.54) is 0 Å². The molecule has 1 spiro atoms. The number of nitrogens with one attached hydrogen (secondary N) is 1. The normalized spacial score (nSPS) is 28.5. The van der Waals surface area contributed by atoms with Crippen LogP contribution in [0.15, 0.2) is 6.07 Å². The smallest absolute Gasteiger partial charge is 0.381 e. The number of likely N-dealkylation sites (tertiary alicyclic amines) is 1. The number of alkyl halides is 3. The summed E-state index contributed by atoms with van der Waals surface area (Å²) in [6.07, 6.45) is 0.430. The molecule has 2 fully saturated rings. The topological polar surface area (TPSA) is 58.2 Å². The second kappa shape index (κ2) is 5.81. The molecule has 0 unspecified atom stereocenters. The first-order chi connectivity index (χ1) is 10.9. The molecule has 1 saturated carbocycles. The van der Waals surface area contributed by atoms with Crippen molar-refractivity contribution in [3.05, 3.63) is 17.5 Å². The highest BCUT2D eigenvalue weighted by atomic mass is 19.4. The van der Waals surface area contributed by atoms with Crippen molar-refractivity contribution in [2.24, 2.45) is 5.41 Å². The molecule has 0 radical (unpaired) electrons. The van der Waals surface area contributed by atoms with Gasteiger partial charge in [0.15, 0.2) is 5.69 Å². The van der Waals surface area contributed by atoms with Gasteiger partial charge in [0.2, 0.25) is 0 Å². The van der Waals surface area contributed by atoms with Crippen molar-refractivity contribution in [2.45, 2.75) is 44.4 Å². The molecule has 1 aromatic rings. The summed E-state index contributed by atoms with van der Waals surface area (Å²) in [6.45, 7) is 1.07. The zero-order chi connectivity index (χ0) is 16.7. The number of amides is 1. The number of rotatable bonds is 2. The lowest BCUT2D eigenvalue weighted by molar-refractivity contribution is -0.141. The molecule has 0 aromatic carbocycles. The number of carbonyl (C=O) groups excluding carboxylic acids is 1. The van der Waals surface area contributed by atoms with Gasteiger partial charge in [0, 0.05) is 31.7 Å². The highest BCUT2D eigenvalue weighted by Crippen LogP contribution is 2.46. The van der Waals surface area contributed by atoms with Gasteiger partial charge in [0.05, 0.1) is 6.10 Å². The number of hydrogen-bond acceptors (Lipinski definition) is 3. The molecule has 3 rings (SSSR count). The summed E-state index contributed by atoms with van der Waals surface area (Å²) in [5.41, 5.74) is -1.24. The molecular weight excluding hydrogens is 311 g/mol. The quantitative estimate of drug-likeness (QED) is 0.906. The molecule has 1 aromatic heterocycles. The molecule has 1 N–H and O–H groups in total. The Morgan fingerprint density at radius 1 is 1.43 bits per heavy atom. The van der Waals surface area contributed by atoms with E-state index in [9.17, 15) is 18.0 Å². The van der Waals surface area contributed by atoms with Crippen molar-refractivity contribution >= 4 is 5.91 Å². The number of aromatic amines is 1.